The van der Waals surface area contributed by atoms with Crippen LogP contribution in [-0.4, -0.2) is 0 Å². The van der Waals surface area contributed by atoms with E-state index in [0.29, 0.717) is 0 Å². The Morgan fingerprint density at radius 2 is 0.824 bits per heavy atom. The van der Waals surface area contributed by atoms with Gasteiger partial charge in [0, 0.05) is 0 Å². The Hall–Kier alpha value is 0.740. The molecule has 0 aliphatic heterocycles. The zero-order chi connectivity index (χ0) is 11.9. The Morgan fingerprint density at radius 3 is 1.12 bits per heavy atom. The third kappa shape index (κ3) is 19.3. The molecule has 0 aliphatic rings. The zero-order valence-electron chi connectivity index (χ0n) is 11.9. The predicted molar refractivity (Wildman–Crippen MR) is 75.7 cm³/mol. The molecule has 0 aromatic heterocycles. The molecule has 0 radical (unpaired) electrons. The normalized spacial score (nSPS) is 10.2. The molecule has 0 atom stereocenters. The minimum atomic E-state index is 0. The van der Waals surface area contributed by atoms with Crippen molar-refractivity contribution in [2.75, 3.05) is 0 Å². The summed E-state index contributed by atoms with van der Waals surface area (Å²) in [5.74, 6) is 0. The van der Waals surface area contributed by atoms with Crippen LogP contribution in [0.5, 0.6) is 0 Å². The van der Waals surface area contributed by atoms with E-state index in [0.717, 1.165) is 6.42 Å². The maximum absolute atomic E-state index is 3.87. The molecule has 17 heavy (non-hydrogen) atoms. The van der Waals surface area contributed by atoms with E-state index < -0.39 is 0 Å². The minimum Gasteiger partial charge on any atom is -0.343 e. The molecule has 0 bridgehead atoms. The average Bonchev–Trinajstić information content (AvgIpc) is 2.31. The van der Waals surface area contributed by atoms with Crippen molar-refractivity contribution in [3.8, 4) is 0 Å². The topological polar surface area (TPSA) is 0 Å². The fourth-order valence-electron chi connectivity index (χ4n) is 2.19. The second-order valence-electron chi connectivity index (χ2n) is 5.10. The van der Waals surface area contributed by atoms with E-state index in [1.807, 2.05) is 0 Å². The number of rotatable bonds is 13. The summed E-state index contributed by atoms with van der Waals surface area (Å²) in [6.45, 7) is 6.16. The third-order valence-electron chi connectivity index (χ3n) is 3.35. The van der Waals surface area contributed by atoms with Gasteiger partial charge in [-0.15, -0.1) is 0 Å². The van der Waals surface area contributed by atoms with Gasteiger partial charge in [-0.05, 0) is 0 Å². The van der Waals surface area contributed by atoms with Crippen molar-refractivity contribution in [2.45, 2.75) is 96.8 Å². The predicted octanol–water partition coefficient (Wildman–Crippen LogP) is 6.30. The molecule has 0 nitrogen and oxygen atoms in total. The van der Waals surface area contributed by atoms with Crippen LogP contribution in [0.3, 0.4) is 0 Å². The average molecular weight is 333 g/mol. The summed E-state index contributed by atoms with van der Waals surface area (Å²) in [6.07, 6.45) is 19.8. The van der Waals surface area contributed by atoms with Gasteiger partial charge in [-0.25, -0.2) is 0 Å². The van der Waals surface area contributed by atoms with Gasteiger partial charge in [-0.3, -0.25) is 0 Å². The number of hydrogen-bond acceptors (Lipinski definition) is 0. The molecule has 0 unspecified atom stereocenters. The van der Waals surface area contributed by atoms with Crippen LogP contribution in [0.2, 0.25) is 0 Å². The maximum Gasteiger partial charge on any atom is 1.00 e. The van der Waals surface area contributed by atoms with Crippen LogP contribution in [0.1, 0.15) is 96.8 Å². The molecule has 0 spiro atoms. The summed E-state index contributed by atoms with van der Waals surface area (Å²) < 4.78 is 0. The summed E-state index contributed by atoms with van der Waals surface area (Å²) in [4.78, 5) is 0. The van der Waals surface area contributed by atoms with E-state index in [2.05, 4.69) is 13.8 Å². The zero-order valence-corrected chi connectivity index (χ0v) is 13.4. The Bertz CT molecular complexity index is 98.1. The Balaban J connectivity index is 0. The van der Waals surface area contributed by atoms with Gasteiger partial charge in [0.15, 0.2) is 0 Å². The molecule has 0 saturated carbocycles. The van der Waals surface area contributed by atoms with E-state index in [4.69, 9.17) is 0 Å². The van der Waals surface area contributed by atoms with Crippen molar-refractivity contribution in [1.29, 1.82) is 0 Å². The first-order valence-corrected chi connectivity index (χ1v) is 7.71. The molecule has 0 aromatic rings. The van der Waals surface area contributed by atoms with Gasteiger partial charge >= 0.3 is 22.4 Å². The van der Waals surface area contributed by atoms with Gasteiger partial charge in [-0.1, -0.05) is 90.4 Å². The second-order valence-corrected chi connectivity index (χ2v) is 5.10. The Labute approximate surface area is 126 Å². The molecule has 1 heteroatoms. The maximum atomic E-state index is 3.87. The first kappa shape index (κ1) is 20.1. The monoisotopic (exact) mass is 332 g/mol. The second kappa shape index (κ2) is 19.1. The van der Waals surface area contributed by atoms with Gasteiger partial charge in [-0.2, -0.15) is 6.42 Å². The van der Waals surface area contributed by atoms with Crippen LogP contribution < -0.4 is 0 Å². The van der Waals surface area contributed by atoms with Crippen molar-refractivity contribution in [2.24, 2.45) is 0 Å². The summed E-state index contributed by atoms with van der Waals surface area (Å²) in [5, 5.41) is 0. The molecular formula is C16H33Ag. The molecule has 0 N–H and O–H groups in total. The molecule has 0 heterocycles. The van der Waals surface area contributed by atoms with Crippen LogP contribution in [0.15, 0.2) is 0 Å². The van der Waals surface area contributed by atoms with Gasteiger partial charge in [0.05, 0.1) is 0 Å². The first-order valence-electron chi connectivity index (χ1n) is 7.71. The van der Waals surface area contributed by atoms with Gasteiger partial charge in [0.2, 0.25) is 0 Å². The van der Waals surface area contributed by atoms with Crippen LogP contribution in [0, 0.1) is 6.92 Å². The van der Waals surface area contributed by atoms with Crippen LogP contribution in [-0.2, 0) is 22.4 Å². The van der Waals surface area contributed by atoms with Crippen molar-refractivity contribution >= 4 is 0 Å². The molecule has 0 rings (SSSR count). The summed E-state index contributed by atoms with van der Waals surface area (Å²) >= 11 is 0. The van der Waals surface area contributed by atoms with E-state index in [-0.39, 0.29) is 22.4 Å². The third-order valence-corrected chi connectivity index (χ3v) is 3.35. The van der Waals surface area contributed by atoms with Gasteiger partial charge in [0.1, 0.15) is 0 Å². The van der Waals surface area contributed by atoms with Crippen molar-refractivity contribution in [3.05, 3.63) is 6.92 Å². The van der Waals surface area contributed by atoms with Crippen molar-refractivity contribution in [3.63, 3.8) is 0 Å². The molecule has 0 aliphatic carbocycles. The summed E-state index contributed by atoms with van der Waals surface area (Å²) in [7, 11) is 0. The molecular weight excluding hydrogens is 300 g/mol. The molecule has 0 amide bonds. The minimum absolute atomic E-state index is 0. The van der Waals surface area contributed by atoms with Gasteiger partial charge in [0.25, 0.3) is 0 Å². The Morgan fingerprint density at radius 1 is 0.529 bits per heavy atom. The van der Waals surface area contributed by atoms with Gasteiger partial charge < -0.3 is 6.92 Å². The fraction of sp³-hybridized carbons (Fsp3) is 0.938. The smallest absolute Gasteiger partial charge is 0.343 e. The summed E-state index contributed by atoms with van der Waals surface area (Å²) in [5.41, 5.74) is 0. The Kier molecular flexibility index (Phi) is 22.5. The van der Waals surface area contributed by atoms with Crippen LogP contribution in [0.4, 0.5) is 0 Å². The molecule has 108 valence electrons. The van der Waals surface area contributed by atoms with E-state index in [1.165, 1.54) is 83.5 Å². The van der Waals surface area contributed by atoms with E-state index in [9.17, 15) is 0 Å². The quantitative estimate of drug-likeness (QED) is 0.211. The fourth-order valence-corrected chi connectivity index (χ4v) is 2.19. The van der Waals surface area contributed by atoms with Crippen LogP contribution in [0.25, 0.3) is 0 Å². The first-order chi connectivity index (χ1) is 7.91. The molecule has 0 aromatic carbocycles. The standard InChI is InChI=1S/C16H33.Ag/c1-3-5-7-9-11-13-15-16-14-12-10-8-6-4-2;/h1,3-16H2,2H3;/q-1;+1. The van der Waals surface area contributed by atoms with Crippen LogP contribution >= 0.6 is 0 Å². The molecule has 0 fully saturated rings. The van der Waals surface area contributed by atoms with E-state index in [1.54, 1.807) is 0 Å². The molecule has 0 saturated heterocycles. The number of unbranched alkanes of at least 4 members (excludes halogenated alkanes) is 13. The number of hydrogen-bond donors (Lipinski definition) is 0. The van der Waals surface area contributed by atoms with Crippen molar-refractivity contribution in [1.82, 2.24) is 0 Å². The SMILES string of the molecule is [Ag+].[CH2-]CCCCCCCCCCCCCCC. The van der Waals surface area contributed by atoms with E-state index >= 15 is 0 Å². The van der Waals surface area contributed by atoms with Crippen molar-refractivity contribution < 1.29 is 22.4 Å². The largest absolute Gasteiger partial charge is 1.00 e. The summed E-state index contributed by atoms with van der Waals surface area (Å²) in [6, 6.07) is 0.